The highest BCUT2D eigenvalue weighted by molar-refractivity contribution is 6.93. The van der Waals surface area contributed by atoms with E-state index in [1.165, 1.54) is 21.3 Å². The standard InChI is InChI=1S/C23H69O16Si14/c1-24-40-27-53(28-41-25-2,29-42-26-3)39-52(22,23)38-51(20,21)37-50(18,19)36-49(16,17)35-48(14,15)34-47(12,13)33-46(10,11)32-45(8,9)31-44(6,7)30-43(4)5/h1-23H3. The van der Waals surface area contributed by atoms with E-state index in [1.807, 2.05) is 91.7 Å². The Bertz CT molecular complexity index is 1060. The highest BCUT2D eigenvalue weighted by Crippen LogP contribution is 2.31. The molecule has 0 aromatic heterocycles. The Morgan fingerprint density at radius 1 is 0.302 bits per heavy atom. The van der Waals surface area contributed by atoms with Crippen LogP contribution >= 0.6 is 0 Å². The minimum atomic E-state index is -3.78. The predicted molar refractivity (Wildman–Crippen MR) is 233 cm³/mol. The van der Waals surface area contributed by atoms with Crippen molar-refractivity contribution >= 4 is 125 Å². The molecule has 0 aliphatic rings. The molecule has 0 aromatic rings. The van der Waals surface area contributed by atoms with E-state index in [0.717, 1.165) is 0 Å². The van der Waals surface area contributed by atoms with Gasteiger partial charge in [0.25, 0.3) is 0 Å². The monoisotopic (exact) mass is 993 g/mol. The summed E-state index contributed by atoms with van der Waals surface area (Å²) in [6.45, 7) is 40.5. The van der Waals surface area contributed by atoms with Crippen molar-refractivity contribution < 1.29 is 66.8 Å². The molecule has 0 aliphatic carbocycles. The molecule has 0 heterocycles. The van der Waals surface area contributed by atoms with Crippen LogP contribution in [0.15, 0.2) is 0 Å². The van der Waals surface area contributed by atoms with Gasteiger partial charge in [-0.1, -0.05) is 0 Å². The summed E-state index contributed by atoms with van der Waals surface area (Å²) in [6, 6.07) is 0. The SMILES string of the molecule is CO[Si]O[Si](O[Si]OC)(O[Si]OC)O[Si](C)(C)O[Si](C)(C)O[Si](C)(C)O[Si](C)(C)O[Si](C)(C)O[Si](C)(C)O[Si](C)(C)O[Si](C)(C)O[Si](C)(C)O[Si](C)C. The highest BCUT2D eigenvalue weighted by atomic mass is 28.5. The van der Waals surface area contributed by atoms with Crippen LogP contribution in [-0.2, 0) is 66.8 Å². The molecule has 16 nitrogen and oxygen atoms in total. The molecule has 0 spiro atoms. The zero-order valence-corrected chi connectivity index (χ0v) is 50.5. The summed E-state index contributed by atoms with van der Waals surface area (Å²) in [5.74, 6) is 0. The van der Waals surface area contributed by atoms with Crippen LogP contribution in [0.2, 0.25) is 131 Å². The normalized spacial score (nSPS) is 15.2. The number of rotatable bonds is 29. The van der Waals surface area contributed by atoms with Gasteiger partial charge in [0.2, 0.25) is 0 Å². The van der Waals surface area contributed by atoms with E-state index in [9.17, 15) is 0 Å². The first-order valence-corrected chi connectivity index (χ1v) is 49.0. The third kappa shape index (κ3) is 25.6. The van der Waals surface area contributed by atoms with Gasteiger partial charge < -0.3 is 66.8 Å². The summed E-state index contributed by atoms with van der Waals surface area (Å²) in [6.07, 6.45) is 0. The second kappa shape index (κ2) is 21.8. The zero-order chi connectivity index (χ0) is 42.0. The highest BCUT2D eigenvalue weighted by Gasteiger charge is 2.55. The minimum Gasteiger partial charge on any atom is -0.437 e. The predicted octanol–water partition coefficient (Wildman–Crippen LogP) is 5.75. The minimum absolute atomic E-state index is 0.384. The fraction of sp³-hybridized carbons (Fsp3) is 1.00. The van der Waals surface area contributed by atoms with Crippen molar-refractivity contribution in [2.24, 2.45) is 0 Å². The lowest BCUT2D eigenvalue weighted by Crippen LogP contribution is -2.63. The molecule has 0 fully saturated rings. The Hall–Kier alpha value is 2.40. The lowest BCUT2D eigenvalue weighted by atomic mass is 11.8. The molecular weight excluding hydrogens is 925 g/mol. The van der Waals surface area contributed by atoms with Gasteiger partial charge in [0.1, 0.15) is 0 Å². The molecule has 0 aromatic carbocycles. The van der Waals surface area contributed by atoms with Crippen LogP contribution in [0.4, 0.5) is 0 Å². The molecule has 0 aliphatic heterocycles. The second-order valence-corrected chi connectivity index (χ2v) is 56.5. The summed E-state index contributed by atoms with van der Waals surface area (Å²) in [5.41, 5.74) is 0. The maximum absolute atomic E-state index is 6.78. The summed E-state index contributed by atoms with van der Waals surface area (Å²) in [5, 5.41) is 0. The van der Waals surface area contributed by atoms with Gasteiger partial charge in [-0.25, -0.2) is 0 Å². The average molecular weight is 995 g/mol. The average Bonchev–Trinajstić information content (AvgIpc) is 2.82. The third-order valence-corrected chi connectivity index (χ3v) is 48.0. The van der Waals surface area contributed by atoms with Gasteiger partial charge in [-0.05, 0) is 131 Å². The molecule has 313 valence electrons. The Labute approximate surface area is 342 Å². The molecule has 0 saturated heterocycles. The van der Waals surface area contributed by atoms with Gasteiger partial charge in [-0.3, -0.25) is 0 Å². The topological polar surface area (TPSA) is 148 Å². The second-order valence-electron chi connectivity index (χ2n) is 16.2. The molecule has 7 radical (unpaired) electrons. The Morgan fingerprint density at radius 3 is 0.679 bits per heavy atom. The first kappa shape index (κ1) is 55.4. The van der Waals surface area contributed by atoms with Crippen molar-refractivity contribution in [3.05, 3.63) is 0 Å². The van der Waals surface area contributed by atoms with Crippen LogP contribution in [0.25, 0.3) is 0 Å². The summed E-state index contributed by atoms with van der Waals surface area (Å²) in [4.78, 5) is 0. The maximum atomic E-state index is 6.78. The maximum Gasteiger partial charge on any atom is 0.643 e. The summed E-state index contributed by atoms with van der Waals surface area (Å²) < 4.78 is 99.4. The van der Waals surface area contributed by atoms with Gasteiger partial charge in [0.05, 0.1) is 0 Å². The van der Waals surface area contributed by atoms with Gasteiger partial charge in [-0.15, -0.1) is 0 Å². The van der Waals surface area contributed by atoms with Gasteiger partial charge in [0, 0.05) is 21.3 Å². The summed E-state index contributed by atoms with van der Waals surface area (Å²) in [7, 11) is -25.9. The molecular formula is C23H69O16Si14. The van der Waals surface area contributed by atoms with Gasteiger partial charge in [0.15, 0.2) is 9.04 Å². The molecule has 0 bridgehead atoms. The lowest BCUT2D eigenvalue weighted by molar-refractivity contribution is 0.116. The van der Waals surface area contributed by atoms with Crippen molar-refractivity contribution in [3.8, 4) is 0 Å². The van der Waals surface area contributed by atoms with Crippen LogP contribution in [0, 0.1) is 0 Å². The molecule has 0 unspecified atom stereocenters. The van der Waals surface area contributed by atoms with Crippen LogP contribution < -0.4 is 0 Å². The van der Waals surface area contributed by atoms with Gasteiger partial charge >= 0.3 is 116 Å². The molecule has 0 saturated carbocycles. The molecule has 0 N–H and O–H groups in total. The quantitative estimate of drug-likeness (QED) is 0.0838. The van der Waals surface area contributed by atoms with E-state index in [-0.39, 0.29) is 30.0 Å². The van der Waals surface area contributed by atoms with Crippen LogP contribution in [0.5, 0.6) is 0 Å². The summed E-state index contributed by atoms with van der Waals surface area (Å²) >= 11 is 0. The first-order valence-electron chi connectivity index (χ1n) is 17.1. The Kier molecular flexibility index (Phi) is 22.8. The number of hydrogen-bond donors (Lipinski definition) is 0. The zero-order valence-electron chi connectivity index (χ0n) is 36.5. The van der Waals surface area contributed by atoms with E-state index in [2.05, 4.69) is 39.3 Å². The van der Waals surface area contributed by atoms with Crippen molar-refractivity contribution in [1.82, 2.24) is 0 Å². The van der Waals surface area contributed by atoms with Crippen LogP contribution in [-0.4, -0.2) is 146 Å². The number of hydrogen-bond acceptors (Lipinski definition) is 16. The van der Waals surface area contributed by atoms with E-state index < -0.39 is 95.1 Å². The van der Waals surface area contributed by atoms with Crippen LogP contribution in [0.1, 0.15) is 0 Å². The smallest absolute Gasteiger partial charge is 0.437 e. The van der Waals surface area contributed by atoms with Crippen molar-refractivity contribution in [2.75, 3.05) is 21.3 Å². The largest absolute Gasteiger partial charge is 0.643 e. The lowest BCUT2D eigenvalue weighted by Gasteiger charge is -2.44. The Morgan fingerprint density at radius 2 is 0.491 bits per heavy atom. The Balaban J connectivity index is 5.72. The van der Waals surface area contributed by atoms with Crippen molar-refractivity contribution in [2.45, 2.75) is 131 Å². The fourth-order valence-electron chi connectivity index (χ4n) is 6.12. The van der Waals surface area contributed by atoms with E-state index in [1.54, 1.807) is 0 Å². The van der Waals surface area contributed by atoms with Crippen LogP contribution in [0.3, 0.4) is 0 Å². The molecule has 30 heteroatoms. The van der Waals surface area contributed by atoms with E-state index in [0.29, 0.717) is 0 Å². The van der Waals surface area contributed by atoms with Gasteiger partial charge in [-0.2, -0.15) is 0 Å². The molecule has 0 amide bonds. The molecule has 0 rings (SSSR count). The first-order chi connectivity index (χ1) is 23.5. The van der Waals surface area contributed by atoms with E-state index in [4.69, 9.17) is 66.8 Å². The fourth-order valence-corrected chi connectivity index (χ4v) is 60.7. The molecule has 53 heavy (non-hydrogen) atoms. The van der Waals surface area contributed by atoms with E-state index >= 15 is 0 Å². The third-order valence-electron chi connectivity index (χ3n) is 5.50. The van der Waals surface area contributed by atoms with Crippen molar-refractivity contribution in [3.63, 3.8) is 0 Å². The molecule has 0 atom stereocenters. The van der Waals surface area contributed by atoms with Crippen molar-refractivity contribution in [1.29, 1.82) is 0 Å².